The molecule has 3 aliphatic rings. The highest BCUT2D eigenvalue weighted by atomic mass is 35.5. The molecule has 3 atom stereocenters. The van der Waals surface area contributed by atoms with Gasteiger partial charge >= 0.3 is 0 Å². The number of amides is 2. The number of likely N-dealkylation sites (tertiary alicyclic amines) is 1. The number of aryl methyl sites for hydroxylation is 1. The van der Waals surface area contributed by atoms with E-state index >= 15 is 0 Å². The van der Waals surface area contributed by atoms with Crippen LogP contribution in [0, 0.1) is 18.8 Å². The van der Waals surface area contributed by atoms with E-state index in [-0.39, 0.29) is 23.7 Å². The molecule has 2 aliphatic heterocycles. The largest absolute Gasteiger partial charge is 0.298 e. The standard InChI is InChI=1S/C29H33ClN4O2S/c1-16(2)32-7-8-33(18(4)13-32)15-25-17(3)9-19(30)10-22(25)21-5-6-31-26-11-20(37-27(21)26)14-34-28(35)23-12-24(23)29(34)36/h5-6,9-11,16,18,23-24H,7-8,12-15H2,1-4H3. The van der Waals surface area contributed by atoms with Crippen molar-refractivity contribution in [2.24, 2.45) is 11.8 Å². The zero-order valence-corrected chi connectivity index (χ0v) is 23.4. The second kappa shape index (κ2) is 9.45. The van der Waals surface area contributed by atoms with E-state index in [1.54, 1.807) is 11.3 Å². The Morgan fingerprint density at radius 2 is 1.84 bits per heavy atom. The van der Waals surface area contributed by atoms with Crippen molar-refractivity contribution >= 4 is 45.0 Å². The number of carbonyl (C=O) groups is 2. The van der Waals surface area contributed by atoms with Crippen LogP contribution in [-0.2, 0) is 22.7 Å². The van der Waals surface area contributed by atoms with Crippen LogP contribution >= 0.6 is 22.9 Å². The molecule has 8 heteroatoms. The van der Waals surface area contributed by atoms with Gasteiger partial charge in [0.2, 0.25) is 11.8 Å². The maximum absolute atomic E-state index is 12.5. The summed E-state index contributed by atoms with van der Waals surface area (Å²) < 4.78 is 1.07. The number of hydrogen-bond donors (Lipinski definition) is 0. The van der Waals surface area contributed by atoms with Crippen molar-refractivity contribution < 1.29 is 9.59 Å². The van der Waals surface area contributed by atoms with Crippen LogP contribution in [0.15, 0.2) is 30.5 Å². The first-order valence-electron chi connectivity index (χ1n) is 13.2. The number of aromatic nitrogens is 1. The lowest BCUT2D eigenvalue weighted by Crippen LogP contribution is -2.53. The highest BCUT2D eigenvalue weighted by Crippen LogP contribution is 2.48. The van der Waals surface area contributed by atoms with Gasteiger partial charge < -0.3 is 0 Å². The number of rotatable bonds is 6. The SMILES string of the molecule is Cc1cc(Cl)cc(-c2ccnc3cc(CN4C(=O)C5CC5C4=O)sc23)c1CN1CCN(C(C)C)CC1C. The van der Waals surface area contributed by atoms with E-state index in [0.717, 1.165) is 63.8 Å². The number of imide groups is 1. The van der Waals surface area contributed by atoms with Gasteiger partial charge in [0.15, 0.2) is 0 Å². The molecule has 0 bridgehead atoms. The first kappa shape index (κ1) is 25.0. The van der Waals surface area contributed by atoms with Gasteiger partial charge in [-0.05, 0) is 75.1 Å². The Bertz CT molecular complexity index is 1380. The number of pyridine rings is 1. The molecule has 2 aromatic heterocycles. The number of thiophene rings is 1. The minimum Gasteiger partial charge on any atom is -0.298 e. The molecule has 3 fully saturated rings. The summed E-state index contributed by atoms with van der Waals surface area (Å²) in [5.41, 5.74) is 5.62. The topological polar surface area (TPSA) is 56.8 Å². The predicted molar refractivity (Wildman–Crippen MR) is 149 cm³/mol. The second-order valence-electron chi connectivity index (χ2n) is 11.2. The van der Waals surface area contributed by atoms with Crippen LogP contribution in [-0.4, -0.2) is 63.2 Å². The van der Waals surface area contributed by atoms with Gasteiger partial charge in [-0.2, -0.15) is 0 Å². The van der Waals surface area contributed by atoms with E-state index in [4.69, 9.17) is 11.6 Å². The van der Waals surface area contributed by atoms with Gasteiger partial charge in [-0.1, -0.05) is 11.6 Å². The van der Waals surface area contributed by atoms with E-state index in [9.17, 15) is 9.59 Å². The number of piperazine rings is 1. The summed E-state index contributed by atoms with van der Waals surface area (Å²) in [4.78, 5) is 37.2. The van der Waals surface area contributed by atoms with Gasteiger partial charge in [0.1, 0.15) is 0 Å². The summed E-state index contributed by atoms with van der Waals surface area (Å²) in [5, 5.41) is 0.725. The van der Waals surface area contributed by atoms with Gasteiger partial charge in [0, 0.05) is 59.9 Å². The van der Waals surface area contributed by atoms with E-state index in [2.05, 4.69) is 60.7 Å². The molecule has 2 amide bonds. The molecule has 1 aromatic carbocycles. The summed E-state index contributed by atoms with van der Waals surface area (Å²) in [5.74, 6) is -0.171. The van der Waals surface area contributed by atoms with Crippen molar-refractivity contribution in [2.75, 3.05) is 19.6 Å². The normalized spacial score (nSPS) is 24.5. The van der Waals surface area contributed by atoms with E-state index in [1.807, 2.05) is 12.3 Å². The number of halogens is 1. The molecule has 6 nitrogen and oxygen atoms in total. The van der Waals surface area contributed by atoms with Gasteiger partial charge in [-0.3, -0.25) is 29.3 Å². The van der Waals surface area contributed by atoms with Crippen LogP contribution in [0.1, 0.15) is 43.2 Å². The number of hydrogen-bond acceptors (Lipinski definition) is 6. The zero-order chi connectivity index (χ0) is 26.0. The van der Waals surface area contributed by atoms with E-state index < -0.39 is 0 Å². The molecule has 1 saturated carbocycles. The first-order valence-corrected chi connectivity index (χ1v) is 14.4. The summed E-state index contributed by atoms with van der Waals surface area (Å²) in [6.45, 7) is 13.4. The van der Waals surface area contributed by atoms with Crippen LogP contribution in [0.2, 0.25) is 5.02 Å². The number of benzene rings is 1. The second-order valence-corrected chi connectivity index (χ2v) is 12.7. The Morgan fingerprint density at radius 3 is 2.54 bits per heavy atom. The Balaban J connectivity index is 1.33. The van der Waals surface area contributed by atoms with Crippen molar-refractivity contribution in [1.29, 1.82) is 0 Å². The molecule has 37 heavy (non-hydrogen) atoms. The maximum atomic E-state index is 12.5. The van der Waals surface area contributed by atoms with E-state index in [1.165, 1.54) is 16.0 Å². The zero-order valence-electron chi connectivity index (χ0n) is 21.8. The molecule has 0 radical (unpaired) electrons. The van der Waals surface area contributed by atoms with Crippen LogP contribution in [0.25, 0.3) is 21.3 Å². The van der Waals surface area contributed by atoms with Crippen LogP contribution in [0.3, 0.4) is 0 Å². The third-order valence-corrected chi connectivity index (χ3v) is 9.71. The summed E-state index contributed by atoms with van der Waals surface area (Å²) >= 11 is 8.23. The van der Waals surface area contributed by atoms with Crippen molar-refractivity contribution in [3.05, 3.63) is 51.5 Å². The van der Waals surface area contributed by atoms with Crippen molar-refractivity contribution in [1.82, 2.24) is 19.7 Å². The minimum atomic E-state index is -0.0719. The molecule has 1 aliphatic carbocycles. The van der Waals surface area contributed by atoms with Gasteiger partial charge in [-0.25, -0.2) is 0 Å². The summed E-state index contributed by atoms with van der Waals surface area (Å²) in [7, 11) is 0. The van der Waals surface area contributed by atoms with Crippen molar-refractivity contribution in [3.8, 4) is 11.1 Å². The molecular weight excluding hydrogens is 504 g/mol. The van der Waals surface area contributed by atoms with Crippen molar-refractivity contribution in [3.63, 3.8) is 0 Å². The Hall–Kier alpha value is -2.32. The molecule has 194 valence electrons. The number of piperidine rings is 1. The van der Waals surface area contributed by atoms with Gasteiger partial charge in [-0.15, -0.1) is 11.3 Å². The monoisotopic (exact) mass is 536 g/mol. The third kappa shape index (κ3) is 4.50. The highest BCUT2D eigenvalue weighted by molar-refractivity contribution is 7.19. The summed E-state index contributed by atoms with van der Waals surface area (Å²) in [6.07, 6.45) is 2.58. The Labute approximate surface area is 227 Å². The fourth-order valence-corrected chi connectivity index (χ4v) is 7.40. The lowest BCUT2D eigenvalue weighted by Gasteiger charge is -2.42. The molecule has 0 spiro atoms. The molecule has 6 rings (SSSR count). The fraction of sp³-hybridized carbons (Fsp3) is 0.483. The molecule has 2 saturated heterocycles. The average molecular weight is 537 g/mol. The number of fused-ring (bicyclic) bond motifs is 2. The quantitative estimate of drug-likeness (QED) is 0.398. The fourth-order valence-electron chi connectivity index (χ4n) is 5.99. The first-order chi connectivity index (χ1) is 17.7. The maximum Gasteiger partial charge on any atom is 0.233 e. The van der Waals surface area contributed by atoms with Crippen LogP contribution in [0.5, 0.6) is 0 Å². The average Bonchev–Trinajstić information content (AvgIpc) is 3.49. The lowest BCUT2D eigenvalue weighted by molar-refractivity contribution is -0.141. The highest BCUT2D eigenvalue weighted by Gasteiger charge is 2.58. The van der Waals surface area contributed by atoms with Crippen molar-refractivity contribution in [2.45, 2.75) is 59.3 Å². The van der Waals surface area contributed by atoms with Crippen LogP contribution < -0.4 is 0 Å². The number of carbonyl (C=O) groups excluding carboxylic acids is 2. The van der Waals surface area contributed by atoms with E-state index in [0.29, 0.717) is 18.6 Å². The molecule has 3 unspecified atom stereocenters. The predicted octanol–water partition coefficient (Wildman–Crippen LogP) is 5.34. The third-order valence-electron chi connectivity index (χ3n) is 8.35. The Morgan fingerprint density at radius 1 is 1.08 bits per heavy atom. The van der Waals surface area contributed by atoms with Gasteiger partial charge in [0.25, 0.3) is 0 Å². The lowest BCUT2D eigenvalue weighted by atomic mass is 9.95. The molecule has 0 N–H and O–H groups in total. The number of nitrogens with zero attached hydrogens (tertiary/aromatic N) is 4. The van der Waals surface area contributed by atoms with Crippen LogP contribution in [0.4, 0.5) is 0 Å². The molecular formula is C29H33ClN4O2S. The molecule has 3 aromatic rings. The molecule has 4 heterocycles. The Kier molecular flexibility index (Phi) is 6.38. The smallest absolute Gasteiger partial charge is 0.233 e. The summed E-state index contributed by atoms with van der Waals surface area (Å²) in [6, 6.07) is 9.26. The van der Waals surface area contributed by atoms with Gasteiger partial charge in [0.05, 0.1) is 28.6 Å². The minimum absolute atomic E-state index is 0.0138.